The first-order chi connectivity index (χ1) is 12.3. The smallest absolute Gasteiger partial charge is 0.193 e. The fourth-order valence-corrected chi connectivity index (χ4v) is 4.49. The Morgan fingerprint density at radius 2 is 2.12 bits per heavy atom. The third-order valence-corrected chi connectivity index (χ3v) is 6.06. The lowest BCUT2D eigenvalue weighted by atomic mass is 9.87. The van der Waals surface area contributed by atoms with Crippen LogP contribution in [0, 0.1) is 5.41 Å². The molecule has 3 aliphatic heterocycles. The lowest BCUT2D eigenvalue weighted by Crippen LogP contribution is -2.44. The zero-order valence-corrected chi connectivity index (χ0v) is 15.3. The average Bonchev–Trinajstić information content (AvgIpc) is 3.29. The molecule has 25 heavy (non-hydrogen) atoms. The first kappa shape index (κ1) is 16.9. The molecule has 136 valence electrons. The number of hydrogen-bond acceptors (Lipinski definition) is 3. The number of guanidine groups is 1. The molecule has 2 saturated heterocycles. The number of ether oxygens (including phenoxy) is 1. The summed E-state index contributed by atoms with van der Waals surface area (Å²) in [6.45, 7) is 8.28. The van der Waals surface area contributed by atoms with Gasteiger partial charge in [-0.15, -0.1) is 0 Å². The van der Waals surface area contributed by atoms with E-state index in [1.54, 1.807) is 0 Å². The molecule has 0 aliphatic carbocycles. The summed E-state index contributed by atoms with van der Waals surface area (Å²) in [6.07, 6.45) is 3.60. The van der Waals surface area contributed by atoms with Crippen molar-refractivity contribution in [1.82, 2.24) is 15.1 Å². The van der Waals surface area contributed by atoms with Gasteiger partial charge in [0.2, 0.25) is 0 Å². The Bertz CT molecular complexity index is 624. The van der Waals surface area contributed by atoms with Crippen molar-refractivity contribution < 1.29 is 4.74 Å². The van der Waals surface area contributed by atoms with E-state index in [9.17, 15) is 0 Å². The summed E-state index contributed by atoms with van der Waals surface area (Å²) >= 11 is 0. The Morgan fingerprint density at radius 3 is 2.92 bits per heavy atom. The number of likely N-dealkylation sites (tertiary alicyclic amines) is 1. The number of hydrogen-bond donors (Lipinski definition) is 1. The second kappa shape index (κ2) is 7.34. The molecule has 1 unspecified atom stereocenters. The number of benzene rings is 1. The average molecular weight is 342 g/mol. The van der Waals surface area contributed by atoms with Gasteiger partial charge in [-0.1, -0.05) is 24.3 Å². The van der Waals surface area contributed by atoms with Gasteiger partial charge in [-0.25, -0.2) is 0 Å². The van der Waals surface area contributed by atoms with Gasteiger partial charge in [-0.05, 0) is 30.4 Å². The SMILES string of the molecule is CN=C(NCCN1CCc2ccccc2C1)N1CCC2(CCOC2)C1. The van der Waals surface area contributed by atoms with Gasteiger partial charge in [0.05, 0.1) is 6.61 Å². The minimum absolute atomic E-state index is 0.383. The molecule has 1 N–H and O–H groups in total. The number of nitrogens with zero attached hydrogens (tertiary/aromatic N) is 3. The first-order valence-electron chi connectivity index (χ1n) is 9.61. The van der Waals surface area contributed by atoms with Gasteiger partial charge in [-0.3, -0.25) is 9.89 Å². The van der Waals surface area contributed by atoms with E-state index < -0.39 is 0 Å². The summed E-state index contributed by atoms with van der Waals surface area (Å²) in [6, 6.07) is 8.83. The van der Waals surface area contributed by atoms with Crippen molar-refractivity contribution in [3.05, 3.63) is 35.4 Å². The van der Waals surface area contributed by atoms with E-state index in [1.165, 1.54) is 30.4 Å². The largest absolute Gasteiger partial charge is 0.381 e. The van der Waals surface area contributed by atoms with Crippen molar-refractivity contribution in [3.8, 4) is 0 Å². The highest BCUT2D eigenvalue weighted by Gasteiger charge is 2.42. The highest BCUT2D eigenvalue weighted by molar-refractivity contribution is 5.80. The Labute approximate surface area is 151 Å². The number of nitrogens with one attached hydrogen (secondary N) is 1. The molecule has 3 aliphatic rings. The van der Waals surface area contributed by atoms with Crippen LogP contribution < -0.4 is 5.32 Å². The summed E-state index contributed by atoms with van der Waals surface area (Å²) in [7, 11) is 1.90. The van der Waals surface area contributed by atoms with Gasteiger partial charge < -0.3 is 15.0 Å². The number of fused-ring (bicyclic) bond motifs is 1. The molecule has 2 fully saturated rings. The summed E-state index contributed by atoms with van der Waals surface area (Å²) in [4.78, 5) is 9.47. The maximum Gasteiger partial charge on any atom is 0.193 e. The van der Waals surface area contributed by atoms with Crippen molar-refractivity contribution in [2.24, 2.45) is 10.4 Å². The lowest BCUT2D eigenvalue weighted by Gasteiger charge is -2.30. The highest BCUT2D eigenvalue weighted by Crippen LogP contribution is 2.38. The summed E-state index contributed by atoms with van der Waals surface area (Å²) < 4.78 is 5.64. The molecule has 1 atom stereocenters. The fraction of sp³-hybridized carbons (Fsp3) is 0.650. The molecule has 0 radical (unpaired) electrons. The predicted octanol–water partition coefficient (Wildman–Crippen LogP) is 1.73. The molecule has 0 aromatic heterocycles. The number of rotatable bonds is 3. The molecule has 1 aromatic rings. The standard InChI is InChI=1S/C20H30N4O/c1-21-19(24-11-7-20(15-24)8-13-25-16-20)22-9-12-23-10-6-17-4-2-3-5-18(17)14-23/h2-5H,6-16H2,1H3,(H,21,22). The Balaban J connectivity index is 1.25. The molecule has 5 heteroatoms. The van der Waals surface area contributed by atoms with E-state index in [0.717, 1.165) is 58.4 Å². The lowest BCUT2D eigenvalue weighted by molar-refractivity contribution is 0.156. The van der Waals surface area contributed by atoms with Crippen LogP contribution in [0.2, 0.25) is 0 Å². The van der Waals surface area contributed by atoms with Crippen LogP contribution in [0.4, 0.5) is 0 Å². The van der Waals surface area contributed by atoms with E-state index in [0.29, 0.717) is 5.41 Å². The molecular weight excluding hydrogens is 312 g/mol. The molecule has 4 rings (SSSR count). The van der Waals surface area contributed by atoms with Crippen molar-refractivity contribution >= 4 is 5.96 Å². The normalized spacial score (nSPS) is 27.1. The highest BCUT2D eigenvalue weighted by atomic mass is 16.5. The van der Waals surface area contributed by atoms with Crippen LogP contribution in [0.25, 0.3) is 0 Å². The van der Waals surface area contributed by atoms with Crippen molar-refractivity contribution in [2.45, 2.75) is 25.8 Å². The van der Waals surface area contributed by atoms with Crippen LogP contribution in [-0.2, 0) is 17.7 Å². The van der Waals surface area contributed by atoms with Crippen LogP contribution in [0.15, 0.2) is 29.3 Å². The fourth-order valence-electron chi connectivity index (χ4n) is 4.49. The van der Waals surface area contributed by atoms with E-state index in [2.05, 4.69) is 44.4 Å². The Hall–Kier alpha value is -1.59. The van der Waals surface area contributed by atoms with E-state index in [4.69, 9.17) is 4.74 Å². The number of aliphatic imine (C=N–C) groups is 1. The molecule has 0 bridgehead atoms. The molecule has 3 heterocycles. The van der Waals surface area contributed by atoms with Crippen LogP contribution in [-0.4, -0.2) is 68.7 Å². The van der Waals surface area contributed by atoms with Crippen LogP contribution in [0.1, 0.15) is 24.0 Å². The van der Waals surface area contributed by atoms with Gasteiger partial charge in [0.1, 0.15) is 0 Å². The second-order valence-corrected chi connectivity index (χ2v) is 7.74. The van der Waals surface area contributed by atoms with E-state index in [-0.39, 0.29) is 0 Å². The van der Waals surface area contributed by atoms with Crippen molar-refractivity contribution in [2.75, 3.05) is 53.0 Å². The Kier molecular flexibility index (Phi) is 4.95. The third kappa shape index (κ3) is 3.67. The first-order valence-corrected chi connectivity index (χ1v) is 9.61. The van der Waals surface area contributed by atoms with Gasteiger partial charge in [-0.2, -0.15) is 0 Å². The summed E-state index contributed by atoms with van der Waals surface area (Å²) in [5, 5.41) is 3.58. The van der Waals surface area contributed by atoms with Crippen molar-refractivity contribution in [1.29, 1.82) is 0 Å². The van der Waals surface area contributed by atoms with Crippen molar-refractivity contribution in [3.63, 3.8) is 0 Å². The van der Waals surface area contributed by atoms with Crippen LogP contribution in [0.5, 0.6) is 0 Å². The van der Waals surface area contributed by atoms with E-state index >= 15 is 0 Å². The molecule has 1 aromatic carbocycles. The quantitative estimate of drug-likeness (QED) is 0.671. The van der Waals surface area contributed by atoms with Crippen LogP contribution >= 0.6 is 0 Å². The zero-order chi connectivity index (χ0) is 17.1. The maximum atomic E-state index is 5.64. The molecule has 5 nitrogen and oxygen atoms in total. The maximum absolute atomic E-state index is 5.64. The Morgan fingerprint density at radius 1 is 1.24 bits per heavy atom. The minimum Gasteiger partial charge on any atom is -0.381 e. The molecule has 0 amide bonds. The van der Waals surface area contributed by atoms with Crippen LogP contribution in [0.3, 0.4) is 0 Å². The van der Waals surface area contributed by atoms with Gasteiger partial charge in [0.25, 0.3) is 0 Å². The molecular formula is C20H30N4O. The third-order valence-electron chi connectivity index (χ3n) is 6.06. The second-order valence-electron chi connectivity index (χ2n) is 7.74. The monoisotopic (exact) mass is 342 g/mol. The van der Waals surface area contributed by atoms with E-state index in [1.807, 2.05) is 7.05 Å². The summed E-state index contributed by atoms with van der Waals surface area (Å²) in [5.41, 5.74) is 3.39. The van der Waals surface area contributed by atoms with Gasteiger partial charge in [0.15, 0.2) is 5.96 Å². The summed E-state index contributed by atoms with van der Waals surface area (Å²) in [5.74, 6) is 1.06. The molecule has 0 saturated carbocycles. The molecule has 1 spiro atoms. The van der Waals surface area contributed by atoms with Gasteiger partial charge in [0, 0.05) is 58.3 Å². The van der Waals surface area contributed by atoms with Gasteiger partial charge >= 0.3 is 0 Å². The predicted molar refractivity (Wildman–Crippen MR) is 101 cm³/mol. The minimum atomic E-state index is 0.383. The zero-order valence-electron chi connectivity index (χ0n) is 15.3. The topological polar surface area (TPSA) is 40.1 Å².